The summed E-state index contributed by atoms with van der Waals surface area (Å²) in [6, 6.07) is 6.50. The molecule has 0 saturated carbocycles. The van der Waals surface area contributed by atoms with Crippen molar-refractivity contribution in [2.45, 2.75) is 0 Å². The van der Waals surface area contributed by atoms with Crippen LogP contribution in [0.4, 0.5) is 4.39 Å². The molecule has 0 saturated heterocycles. The number of hydrogen-bond acceptors (Lipinski definition) is 3. The monoisotopic (exact) mass is 202 g/mol. The van der Waals surface area contributed by atoms with Crippen LogP contribution in [0, 0.1) is 5.95 Å². The van der Waals surface area contributed by atoms with Gasteiger partial charge in [-0.3, -0.25) is 9.78 Å². The Morgan fingerprint density at radius 3 is 2.73 bits per heavy atom. The maximum Gasteiger partial charge on any atom is 0.224 e. The van der Waals surface area contributed by atoms with Gasteiger partial charge in [0.25, 0.3) is 0 Å². The molecule has 2 heterocycles. The first-order valence-corrected chi connectivity index (χ1v) is 4.33. The number of carbonyl (C=O) groups is 1. The third kappa shape index (κ3) is 1.88. The molecule has 0 spiro atoms. The number of aldehydes is 1. The molecular weight excluding hydrogens is 195 g/mol. The van der Waals surface area contributed by atoms with Crippen molar-refractivity contribution in [3.05, 3.63) is 48.2 Å². The molecule has 0 N–H and O–H groups in total. The number of nitrogens with zero attached hydrogens (tertiary/aromatic N) is 2. The fraction of sp³-hybridized carbons (Fsp3) is 0. The minimum absolute atomic E-state index is 0.0392. The Hall–Kier alpha value is -2.10. The number of aromatic nitrogens is 2. The van der Waals surface area contributed by atoms with Gasteiger partial charge in [-0.1, -0.05) is 0 Å². The number of hydrogen-bond donors (Lipinski definition) is 0. The highest BCUT2D eigenvalue weighted by Crippen LogP contribution is 2.16. The average molecular weight is 202 g/mol. The Morgan fingerprint density at radius 2 is 2.13 bits per heavy atom. The van der Waals surface area contributed by atoms with Gasteiger partial charge in [0.15, 0.2) is 6.29 Å². The highest BCUT2D eigenvalue weighted by molar-refractivity contribution is 5.75. The third-order valence-corrected chi connectivity index (χ3v) is 1.96. The zero-order valence-corrected chi connectivity index (χ0v) is 7.72. The van der Waals surface area contributed by atoms with E-state index in [2.05, 4.69) is 9.97 Å². The van der Waals surface area contributed by atoms with Gasteiger partial charge in [0.05, 0.1) is 11.3 Å². The topological polar surface area (TPSA) is 42.9 Å². The van der Waals surface area contributed by atoms with Crippen molar-refractivity contribution in [2.75, 3.05) is 0 Å². The van der Waals surface area contributed by atoms with E-state index in [0.717, 1.165) is 0 Å². The molecule has 0 bridgehead atoms. The van der Waals surface area contributed by atoms with Crippen molar-refractivity contribution in [3.63, 3.8) is 0 Å². The quantitative estimate of drug-likeness (QED) is 0.553. The molecule has 0 fully saturated rings. The number of carbonyl (C=O) groups excluding carboxylic acids is 1. The van der Waals surface area contributed by atoms with Crippen molar-refractivity contribution in [3.8, 4) is 11.3 Å². The summed E-state index contributed by atoms with van der Waals surface area (Å²) in [5.41, 5.74) is 1.14. The van der Waals surface area contributed by atoms with E-state index in [1.54, 1.807) is 30.6 Å². The van der Waals surface area contributed by atoms with E-state index in [9.17, 15) is 9.18 Å². The molecule has 0 amide bonds. The van der Waals surface area contributed by atoms with Crippen LogP contribution in [0.5, 0.6) is 0 Å². The van der Waals surface area contributed by atoms with Crippen molar-refractivity contribution >= 4 is 6.29 Å². The normalized spacial score (nSPS) is 9.93. The standard InChI is InChI=1S/C11H7FN2O/c12-11-9(7-15)3-4-10(14-11)8-2-1-5-13-6-8/h1-7H. The summed E-state index contributed by atoms with van der Waals surface area (Å²) >= 11 is 0. The largest absolute Gasteiger partial charge is 0.298 e. The van der Waals surface area contributed by atoms with E-state index in [1.165, 1.54) is 6.07 Å². The van der Waals surface area contributed by atoms with Crippen LogP contribution in [0.3, 0.4) is 0 Å². The molecule has 3 nitrogen and oxygen atoms in total. The molecule has 74 valence electrons. The molecule has 2 aromatic rings. The predicted molar refractivity (Wildman–Crippen MR) is 52.8 cm³/mol. The van der Waals surface area contributed by atoms with Gasteiger partial charge < -0.3 is 0 Å². The fourth-order valence-corrected chi connectivity index (χ4v) is 1.21. The zero-order chi connectivity index (χ0) is 10.7. The number of rotatable bonds is 2. The van der Waals surface area contributed by atoms with Gasteiger partial charge in [-0.15, -0.1) is 0 Å². The van der Waals surface area contributed by atoms with Crippen molar-refractivity contribution in [2.24, 2.45) is 0 Å². The summed E-state index contributed by atoms with van der Waals surface area (Å²) in [5.74, 6) is -0.758. The molecule has 0 aliphatic rings. The second-order valence-electron chi connectivity index (χ2n) is 2.94. The second-order valence-corrected chi connectivity index (χ2v) is 2.94. The molecule has 0 atom stereocenters. The smallest absolute Gasteiger partial charge is 0.224 e. The Morgan fingerprint density at radius 1 is 1.27 bits per heavy atom. The highest BCUT2D eigenvalue weighted by Gasteiger charge is 2.05. The van der Waals surface area contributed by atoms with Gasteiger partial charge in [-0.25, -0.2) is 4.98 Å². The Labute approximate surface area is 85.6 Å². The van der Waals surface area contributed by atoms with E-state index >= 15 is 0 Å². The summed E-state index contributed by atoms with van der Waals surface area (Å²) in [5, 5.41) is 0. The molecule has 0 aromatic carbocycles. The fourth-order valence-electron chi connectivity index (χ4n) is 1.21. The van der Waals surface area contributed by atoms with Crippen LogP contribution >= 0.6 is 0 Å². The third-order valence-electron chi connectivity index (χ3n) is 1.96. The second kappa shape index (κ2) is 3.96. The van der Waals surface area contributed by atoms with E-state index < -0.39 is 5.95 Å². The summed E-state index contributed by atoms with van der Waals surface area (Å²) in [7, 11) is 0. The first kappa shape index (κ1) is 9.45. The van der Waals surface area contributed by atoms with Gasteiger partial charge >= 0.3 is 0 Å². The first-order valence-electron chi connectivity index (χ1n) is 4.33. The van der Waals surface area contributed by atoms with Crippen LogP contribution in [0.2, 0.25) is 0 Å². The lowest BCUT2D eigenvalue weighted by atomic mass is 10.2. The molecule has 0 unspecified atom stereocenters. The average Bonchev–Trinajstić information content (AvgIpc) is 2.30. The molecule has 15 heavy (non-hydrogen) atoms. The molecule has 0 radical (unpaired) electrons. The SMILES string of the molecule is O=Cc1ccc(-c2cccnc2)nc1F. The predicted octanol–water partition coefficient (Wildman–Crippen LogP) is 2.10. The maximum absolute atomic E-state index is 13.2. The summed E-state index contributed by atoms with van der Waals surface area (Å²) < 4.78 is 13.2. The van der Waals surface area contributed by atoms with E-state index in [0.29, 0.717) is 17.5 Å². The molecule has 0 aliphatic heterocycles. The molecular formula is C11H7FN2O. The Kier molecular flexibility index (Phi) is 2.49. The molecule has 4 heteroatoms. The van der Waals surface area contributed by atoms with Gasteiger partial charge in [0, 0.05) is 18.0 Å². The minimum Gasteiger partial charge on any atom is -0.298 e. The highest BCUT2D eigenvalue weighted by atomic mass is 19.1. The lowest BCUT2D eigenvalue weighted by Crippen LogP contribution is -1.94. The number of halogens is 1. The van der Waals surface area contributed by atoms with Crippen molar-refractivity contribution < 1.29 is 9.18 Å². The van der Waals surface area contributed by atoms with Gasteiger partial charge in [0.2, 0.25) is 5.95 Å². The van der Waals surface area contributed by atoms with Gasteiger partial charge in [-0.2, -0.15) is 4.39 Å². The molecule has 0 aliphatic carbocycles. The lowest BCUT2D eigenvalue weighted by molar-refractivity contribution is 0.111. The first-order chi connectivity index (χ1) is 7.31. The molecule has 2 rings (SSSR count). The van der Waals surface area contributed by atoms with Crippen LogP contribution in [-0.2, 0) is 0 Å². The summed E-state index contributed by atoms with van der Waals surface area (Å²) in [4.78, 5) is 18.0. The zero-order valence-electron chi connectivity index (χ0n) is 7.72. The van der Waals surface area contributed by atoms with Gasteiger partial charge in [0.1, 0.15) is 0 Å². The van der Waals surface area contributed by atoms with Gasteiger partial charge in [-0.05, 0) is 24.3 Å². The van der Waals surface area contributed by atoms with E-state index in [-0.39, 0.29) is 5.56 Å². The Balaban J connectivity index is 2.47. The summed E-state index contributed by atoms with van der Waals surface area (Å²) in [6.45, 7) is 0. The maximum atomic E-state index is 13.2. The minimum atomic E-state index is -0.758. The summed E-state index contributed by atoms with van der Waals surface area (Å²) in [6.07, 6.45) is 3.65. The number of pyridine rings is 2. The molecule has 2 aromatic heterocycles. The van der Waals surface area contributed by atoms with Crippen LogP contribution in [0.25, 0.3) is 11.3 Å². The lowest BCUT2D eigenvalue weighted by Gasteiger charge is -2.00. The van der Waals surface area contributed by atoms with Crippen molar-refractivity contribution in [1.82, 2.24) is 9.97 Å². The van der Waals surface area contributed by atoms with E-state index in [4.69, 9.17) is 0 Å². The van der Waals surface area contributed by atoms with Crippen LogP contribution in [0.1, 0.15) is 10.4 Å². The van der Waals surface area contributed by atoms with Crippen molar-refractivity contribution in [1.29, 1.82) is 0 Å². The van der Waals surface area contributed by atoms with E-state index in [1.807, 2.05) is 0 Å². The van der Waals surface area contributed by atoms with Crippen LogP contribution < -0.4 is 0 Å². The van der Waals surface area contributed by atoms with Crippen LogP contribution in [0.15, 0.2) is 36.7 Å². The van der Waals surface area contributed by atoms with Crippen LogP contribution in [-0.4, -0.2) is 16.3 Å². The Bertz CT molecular complexity index is 485.